The Labute approximate surface area is 334 Å². The van der Waals surface area contributed by atoms with Crippen molar-refractivity contribution in [1.82, 2.24) is 0 Å². The molecule has 8 rings (SSSR count). The smallest absolute Gasteiger partial charge is 0.0520 e. The van der Waals surface area contributed by atoms with Crippen LogP contribution in [0.15, 0.2) is 181 Å². The van der Waals surface area contributed by atoms with Gasteiger partial charge in [-0.25, -0.2) is 0 Å². The van der Waals surface area contributed by atoms with Crippen LogP contribution in [-0.2, 0) is 0 Å². The van der Waals surface area contributed by atoms with Crippen LogP contribution in [0.1, 0.15) is 62.3 Å². The summed E-state index contributed by atoms with van der Waals surface area (Å²) in [5.74, 6) is 0.528. The molecular weight excluding hydrogens is 677 g/mol. The van der Waals surface area contributed by atoms with Crippen LogP contribution in [-0.4, -0.2) is 0 Å². The lowest BCUT2D eigenvalue weighted by atomic mass is 9.89. The first-order chi connectivity index (χ1) is 27.2. The average Bonchev–Trinajstić information content (AvgIpc) is 3.21. The third-order valence-electron chi connectivity index (χ3n) is 11.3. The fourth-order valence-corrected chi connectivity index (χ4v) is 8.90. The second-order valence-corrected chi connectivity index (χ2v) is 15.8. The lowest BCUT2D eigenvalue weighted by Crippen LogP contribution is -2.22. The van der Waals surface area contributed by atoms with E-state index in [2.05, 4.69) is 215 Å². The number of hydrogen-bond acceptors (Lipinski definition) is 2. The highest BCUT2D eigenvalue weighted by Crippen LogP contribution is 2.43. The molecule has 0 fully saturated rings. The van der Waals surface area contributed by atoms with Crippen molar-refractivity contribution >= 4 is 34.0 Å². The van der Waals surface area contributed by atoms with Gasteiger partial charge in [0.05, 0.1) is 5.69 Å². The first-order valence-corrected chi connectivity index (χ1v) is 20.1. The van der Waals surface area contributed by atoms with Gasteiger partial charge in [0.1, 0.15) is 0 Å². The fraction of sp³-hybridized carbons (Fsp3) is 0.185. The van der Waals surface area contributed by atoms with Crippen molar-refractivity contribution < 1.29 is 0 Å². The van der Waals surface area contributed by atoms with Crippen molar-refractivity contribution in [2.24, 2.45) is 5.92 Å². The minimum Gasteiger partial charge on any atom is -0.310 e. The lowest BCUT2D eigenvalue weighted by Gasteiger charge is -2.34. The van der Waals surface area contributed by atoms with Crippen molar-refractivity contribution in [2.45, 2.75) is 60.8 Å². The Kier molecular flexibility index (Phi) is 10.5. The summed E-state index contributed by atoms with van der Waals surface area (Å²) in [4.78, 5) is 4.91. The van der Waals surface area contributed by atoms with Crippen LogP contribution in [0, 0.1) is 26.7 Å². The maximum absolute atomic E-state index is 2.48. The molecule has 0 spiro atoms. The summed E-state index contributed by atoms with van der Waals surface area (Å²) >= 11 is 0. The van der Waals surface area contributed by atoms with Crippen molar-refractivity contribution in [2.75, 3.05) is 9.80 Å². The first-order valence-electron chi connectivity index (χ1n) is 20.1. The Morgan fingerprint density at radius 1 is 0.500 bits per heavy atom. The van der Waals surface area contributed by atoms with Gasteiger partial charge in [0.2, 0.25) is 0 Å². The minimum absolute atomic E-state index is 0.528. The summed E-state index contributed by atoms with van der Waals surface area (Å²) in [5, 5.41) is 0. The Balaban J connectivity index is 1.21. The van der Waals surface area contributed by atoms with E-state index >= 15 is 0 Å². The molecule has 0 aromatic heterocycles. The summed E-state index contributed by atoms with van der Waals surface area (Å²) in [6.07, 6.45) is 12.6. The number of anilines is 5. The Morgan fingerprint density at radius 3 is 1.64 bits per heavy atom. The quantitative estimate of drug-likeness (QED) is 0.146. The average molecular weight is 729 g/mol. The van der Waals surface area contributed by atoms with E-state index in [0.29, 0.717) is 5.92 Å². The largest absolute Gasteiger partial charge is 0.310 e. The highest BCUT2D eigenvalue weighted by Gasteiger charge is 2.24. The maximum Gasteiger partial charge on any atom is 0.0520 e. The van der Waals surface area contributed by atoms with E-state index in [9.17, 15) is 0 Å². The molecule has 1 atom stereocenters. The van der Waals surface area contributed by atoms with Gasteiger partial charge in [0.15, 0.2) is 0 Å². The Morgan fingerprint density at radius 2 is 1.05 bits per heavy atom. The molecule has 2 heteroatoms. The second-order valence-electron chi connectivity index (χ2n) is 15.8. The SMILES string of the molecule is CC1=CC(C)CC(C)=C1N(c1ccc(C2=CCCC=C2)cc1)c1cccc(-c2cccc(N(c3ccc(-c4ccccc4)cc3)c3c(C)cc(C)cc3C)c2)c1. The van der Waals surface area contributed by atoms with Crippen LogP contribution < -0.4 is 9.80 Å². The zero-order valence-electron chi connectivity index (χ0n) is 33.7. The number of nitrogens with zero attached hydrogens (tertiary/aromatic N) is 2. The van der Waals surface area contributed by atoms with Crippen LogP contribution in [0.2, 0.25) is 0 Å². The van der Waals surface area contributed by atoms with Crippen LogP contribution in [0.25, 0.3) is 27.8 Å². The lowest BCUT2D eigenvalue weighted by molar-refractivity contribution is 0.687. The Bertz CT molecular complexity index is 2470. The standard InChI is InChI=1S/C54H52N2/c1-37-31-39(3)53(40(4)32-37)55(49-27-23-45(24-28-49)43-15-9-7-10-16-43)51-21-13-19-47(35-51)48-20-14-22-52(36-48)56(54-41(5)33-38(2)34-42(54)6)50-29-25-46(26-30-50)44-17-11-8-12-18-44/h7,9-11,13-33,35-36,38H,8,12,34H2,1-6H3. The third kappa shape index (κ3) is 7.57. The molecule has 0 saturated carbocycles. The third-order valence-corrected chi connectivity index (χ3v) is 11.3. The molecule has 1 unspecified atom stereocenters. The topological polar surface area (TPSA) is 6.48 Å². The van der Waals surface area contributed by atoms with E-state index in [-0.39, 0.29) is 0 Å². The van der Waals surface area contributed by atoms with Gasteiger partial charge in [0.25, 0.3) is 0 Å². The summed E-state index contributed by atoms with van der Waals surface area (Å²) < 4.78 is 0. The molecular formula is C54H52N2. The van der Waals surface area contributed by atoms with E-state index in [1.807, 2.05) is 0 Å². The maximum atomic E-state index is 2.48. The first kappa shape index (κ1) is 36.8. The second kappa shape index (κ2) is 15.9. The number of rotatable bonds is 9. The van der Waals surface area contributed by atoms with E-state index in [0.717, 1.165) is 36.3 Å². The molecule has 0 amide bonds. The predicted molar refractivity (Wildman–Crippen MR) is 241 cm³/mol. The molecule has 6 aromatic rings. The van der Waals surface area contributed by atoms with E-state index < -0.39 is 0 Å². The highest BCUT2D eigenvalue weighted by molar-refractivity contribution is 5.85. The molecule has 6 aromatic carbocycles. The molecule has 0 radical (unpaired) electrons. The van der Waals surface area contributed by atoms with Gasteiger partial charge in [-0.05, 0) is 164 Å². The number of aryl methyl sites for hydroxylation is 3. The predicted octanol–water partition coefficient (Wildman–Crippen LogP) is 15.5. The van der Waals surface area contributed by atoms with Gasteiger partial charge < -0.3 is 9.80 Å². The highest BCUT2D eigenvalue weighted by atomic mass is 15.2. The van der Waals surface area contributed by atoms with Gasteiger partial charge >= 0.3 is 0 Å². The van der Waals surface area contributed by atoms with Gasteiger partial charge in [-0.15, -0.1) is 0 Å². The van der Waals surface area contributed by atoms with Crippen LogP contribution >= 0.6 is 0 Å². The van der Waals surface area contributed by atoms with Gasteiger partial charge in [0, 0.05) is 28.4 Å². The van der Waals surface area contributed by atoms with Crippen LogP contribution in [0.3, 0.4) is 0 Å². The molecule has 0 aliphatic heterocycles. The zero-order valence-corrected chi connectivity index (χ0v) is 33.7. The molecule has 2 nitrogen and oxygen atoms in total. The zero-order chi connectivity index (χ0) is 38.8. The van der Waals surface area contributed by atoms with Crippen molar-refractivity contribution in [3.63, 3.8) is 0 Å². The van der Waals surface area contributed by atoms with Gasteiger partial charge in [-0.3, -0.25) is 0 Å². The summed E-state index contributed by atoms with van der Waals surface area (Å²) in [6.45, 7) is 13.6. The van der Waals surface area contributed by atoms with E-state index in [1.165, 1.54) is 78.3 Å². The normalized spacial score (nSPS) is 15.4. The number of allylic oxidation sites excluding steroid dienone is 7. The van der Waals surface area contributed by atoms with Crippen LogP contribution in [0.5, 0.6) is 0 Å². The monoisotopic (exact) mass is 728 g/mol. The van der Waals surface area contributed by atoms with Crippen molar-refractivity contribution in [1.29, 1.82) is 0 Å². The fourth-order valence-electron chi connectivity index (χ4n) is 8.90. The van der Waals surface area contributed by atoms with Crippen molar-refractivity contribution in [3.8, 4) is 22.3 Å². The molecule has 0 bridgehead atoms. The van der Waals surface area contributed by atoms with Crippen molar-refractivity contribution in [3.05, 3.63) is 203 Å². The van der Waals surface area contributed by atoms with Crippen LogP contribution in [0.4, 0.5) is 28.4 Å². The van der Waals surface area contributed by atoms with E-state index in [1.54, 1.807) is 0 Å². The Hall–Kier alpha value is -6.12. The molecule has 2 aliphatic carbocycles. The minimum atomic E-state index is 0.528. The summed E-state index contributed by atoms with van der Waals surface area (Å²) in [7, 11) is 0. The molecule has 2 aliphatic rings. The van der Waals surface area contributed by atoms with Gasteiger partial charge in [-0.1, -0.05) is 128 Å². The molecule has 0 saturated heterocycles. The van der Waals surface area contributed by atoms with Gasteiger partial charge in [-0.2, -0.15) is 0 Å². The molecule has 56 heavy (non-hydrogen) atoms. The molecule has 0 N–H and O–H groups in total. The molecule has 0 heterocycles. The molecule has 278 valence electrons. The van der Waals surface area contributed by atoms with E-state index in [4.69, 9.17) is 0 Å². The summed E-state index contributed by atoms with van der Waals surface area (Å²) in [6, 6.07) is 51.5. The summed E-state index contributed by atoms with van der Waals surface area (Å²) in [5.41, 5.74) is 21.0. The number of benzene rings is 6. The number of hydrogen-bond donors (Lipinski definition) is 0.